The van der Waals surface area contributed by atoms with Crippen molar-refractivity contribution >= 4 is 27.8 Å². The summed E-state index contributed by atoms with van der Waals surface area (Å²) >= 11 is 3.23. The van der Waals surface area contributed by atoms with Crippen LogP contribution in [0.2, 0.25) is 0 Å². The standard InChI is InChI=1S/C10H19BrN2O3/c1-4-12-9(14)7-13(5-2)6-8(11)10(15)16-3/h8H,4-7H2,1-3H3,(H,12,14). The van der Waals surface area contributed by atoms with Gasteiger partial charge in [-0.05, 0) is 13.5 Å². The Hall–Kier alpha value is -0.620. The Morgan fingerprint density at radius 2 is 2.06 bits per heavy atom. The normalized spacial score (nSPS) is 12.3. The van der Waals surface area contributed by atoms with E-state index in [1.807, 2.05) is 18.7 Å². The molecule has 0 spiro atoms. The van der Waals surface area contributed by atoms with E-state index in [9.17, 15) is 9.59 Å². The highest BCUT2D eigenvalue weighted by molar-refractivity contribution is 9.10. The molecule has 0 saturated heterocycles. The molecule has 1 amide bonds. The Bertz CT molecular complexity index is 236. The molecule has 0 aliphatic rings. The minimum atomic E-state index is -0.396. The third kappa shape index (κ3) is 6.07. The molecule has 1 atom stereocenters. The van der Waals surface area contributed by atoms with Gasteiger partial charge in [-0.15, -0.1) is 0 Å². The van der Waals surface area contributed by atoms with Crippen molar-refractivity contribution in [2.24, 2.45) is 0 Å². The van der Waals surface area contributed by atoms with Crippen LogP contribution in [0.5, 0.6) is 0 Å². The lowest BCUT2D eigenvalue weighted by molar-refractivity contribution is -0.140. The van der Waals surface area contributed by atoms with Gasteiger partial charge in [0.15, 0.2) is 0 Å². The lowest BCUT2D eigenvalue weighted by atomic mass is 10.3. The van der Waals surface area contributed by atoms with Crippen molar-refractivity contribution in [1.82, 2.24) is 10.2 Å². The smallest absolute Gasteiger partial charge is 0.320 e. The minimum absolute atomic E-state index is 0.0334. The van der Waals surface area contributed by atoms with Crippen molar-refractivity contribution < 1.29 is 14.3 Å². The number of nitrogens with zero attached hydrogens (tertiary/aromatic N) is 1. The van der Waals surface area contributed by atoms with Crippen LogP contribution >= 0.6 is 15.9 Å². The minimum Gasteiger partial charge on any atom is -0.468 e. The van der Waals surface area contributed by atoms with Gasteiger partial charge in [-0.25, -0.2) is 0 Å². The van der Waals surface area contributed by atoms with Crippen molar-refractivity contribution in [2.45, 2.75) is 18.7 Å². The van der Waals surface area contributed by atoms with E-state index in [1.54, 1.807) is 0 Å². The number of likely N-dealkylation sites (N-methyl/N-ethyl adjacent to an activating group) is 2. The number of hydrogen-bond donors (Lipinski definition) is 1. The van der Waals surface area contributed by atoms with E-state index in [0.717, 1.165) is 0 Å². The molecular formula is C10H19BrN2O3. The average molecular weight is 295 g/mol. The van der Waals surface area contributed by atoms with Gasteiger partial charge in [0.05, 0.1) is 13.7 Å². The van der Waals surface area contributed by atoms with Crippen LogP contribution < -0.4 is 5.32 Å². The van der Waals surface area contributed by atoms with Crippen LogP contribution in [0.1, 0.15) is 13.8 Å². The first-order valence-corrected chi connectivity index (χ1v) is 6.17. The van der Waals surface area contributed by atoms with E-state index in [0.29, 0.717) is 26.2 Å². The van der Waals surface area contributed by atoms with E-state index in [2.05, 4.69) is 26.0 Å². The summed E-state index contributed by atoms with van der Waals surface area (Å²) in [5.41, 5.74) is 0. The maximum Gasteiger partial charge on any atom is 0.320 e. The summed E-state index contributed by atoms with van der Waals surface area (Å²) < 4.78 is 4.60. The Labute approximate surface area is 105 Å². The Balaban J connectivity index is 4.09. The van der Waals surface area contributed by atoms with Crippen LogP contribution in [-0.2, 0) is 14.3 Å². The summed E-state index contributed by atoms with van der Waals surface area (Å²) in [7, 11) is 1.34. The molecule has 0 rings (SSSR count). The first-order chi connectivity index (χ1) is 7.54. The molecule has 0 fully saturated rings. The van der Waals surface area contributed by atoms with Gasteiger partial charge in [0, 0.05) is 13.1 Å². The van der Waals surface area contributed by atoms with Gasteiger partial charge < -0.3 is 10.1 Å². The number of carbonyl (C=O) groups excluding carboxylic acids is 2. The molecule has 5 nitrogen and oxygen atoms in total. The fourth-order valence-corrected chi connectivity index (χ4v) is 1.79. The number of amides is 1. The van der Waals surface area contributed by atoms with E-state index >= 15 is 0 Å². The van der Waals surface area contributed by atoms with Gasteiger partial charge in [0.25, 0.3) is 0 Å². The topological polar surface area (TPSA) is 58.6 Å². The van der Waals surface area contributed by atoms with Crippen LogP contribution in [0, 0.1) is 0 Å². The average Bonchev–Trinajstić information content (AvgIpc) is 2.27. The van der Waals surface area contributed by atoms with Gasteiger partial charge in [-0.3, -0.25) is 14.5 Å². The summed E-state index contributed by atoms with van der Waals surface area (Å²) in [6, 6.07) is 0. The van der Waals surface area contributed by atoms with Crippen molar-refractivity contribution in [3.8, 4) is 0 Å². The summed E-state index contributed by atoms with van der Waals surface area (Å²) in [5.74, 6) is -0.358. The maximum atomic E-state index is 11.3. The van der Waals surface area contributed by atoms with E-state index in [-0.39, 0.29) is 11.9 Å². The first kappa shape index (κ1) is 15.4. The largest absolute Gasteiger partial charge is 0.468 e. The SMILES string of the molecule is CCNC(=O)CN(CC)CC(Br)C(=O)OC. The van der Waals surface area contributed by atoms with Gasteiger partial charge in [0.2, 0.25) is 5.91 Å². The van der Waals surface area contributed by atoms with Crippen molar-refractivity contribution in [2.75, 3.05) is 33.3 Å². The third-order valence-electron chi connectivity index (χ3n) is 2.06. The van der Waals surface area contributed by atoms with Crippen LogP contribution in [0.25, 0.3) is 0 Å². The van der Waals surface area contributed by atoms with E-state index < -0.39 is 4.83 Å². The first-order valence-electron chi connectivity index (χ1n) is 5.26. The zero-order chi connectivity index (χ0) is 12.6. The summed E-state index contributed by atoms with van der Waals surface area (Å²) in [4.78, 5) is 24.0. The highest BCUT2D eigenvalue weighted by Gasteiger charge is 2.19. The molecule has 94 valence electrons. The maximum absolute atomic E-state index is 11.3. The number of alkyl halides is 1. The third-order valence-corrected chi connectivity index (χ3v) is 2.73. The molecule has 0 radical (unpaired) electrons. The second-order valence-electron chi connectivity index (χ2n) is 3.27. The van der Waals surface area contributed by atoms with E-state index in [4.69, 9.17) is 0 Å². The second-order valence-corrected chi connectivity index (χ2v) is 4.38. The van der Waals surface area contributed by atoms with Gasteiger partial charge >= 0.3 is 5.97 Å². The monoisotopic (exact) mass is 294 g/mol. The Kier molecular flexibility index (Phi) is 8.19. The summed E-state index contributed by atoms with van der Waals surface area (Å²) in [6.07, 6.45) is 0. The van der Waals surface area contributed by atoms with Crippen molar-refractivity contribution in [3.63, 3.8) is 0 Å². The van der Waals surface area contributed by atoms with E-state index in [1.165, 1.54) is 7.11 Å². The molecule has 1 unspecified atom stereocenters. The van der Waals surface area contributed by atoms with Crippen LogP contribution in [0.15, 0.2) is 0 Å². The number of nitrogens with one attached hydrogen (secondary N) is 1. The predicted octanol–water partition coefficient (Wildman–Crippen LogP) is 0.381. The van der Waals surface area contributed by atoms with Crippen LogP contribution in [0.3, 0.4) is 0 Å². The Morgan fingerprint density at radius 1 is 1.44 bits per heavy atom. The number of halogens is 1. The summed E-state index contributed by atoms with van der Waals surface area (Å²) in [5, 5.41) is 2.71. The molecule has 0 saturated carbocycles. The number of methoxy groups -OCH3 is 1. The molecule has 0 aromatic heterocycles. The quantitative estimate of drug-likeness (QED) is 0.545. The highest BCUT2D eigenvalue weighted by Crippen LogP contribution is 2.04. The number of rotatable bonds is 7. The Morgan fingerprint density at radius 3 is 2.50 bits per heavy atom. The molecule has 16 heavy (non-hydrogen) atoms. The molecule has 0 bridgehead atoms. The molecule has 0 heterocycles. The van der Waals surface area contributed by atoms with Crippen molar-refractivity contribution in [1.29, 1.82) is 0 Å². The molecule has 0 aliphatic carbocycles. The lowest BCUT2D eigenvalue weighted by Gasteiger charge is -2.21. The molecule has 0 aromatic carbocycles. The fourth-order valence-electron chi connectivity index (χ4n) is 1.19. The molecule has 1 N–H and O–H groups in total. The predicted molar refractivity (Wildman–Crippen MR) is 65.5 cm³/mol. The number of ether oxygens (including phenoxy) is 1. The van der Waals surface area contributed by atoms with Crippen LogP contribution in [0.4, 0.5) is 0 Å². The van der Waals surface area contributed by atoms with Gasteiger partial charge in [-0.2, -0.15) is 0 Å². The summed E-state index contributed by atoms with van der Waals surface area (Å²) in [6.45, 7) is 5.89. The van der Waals surface area contributed by atoms with Crippen LogP contribution in [-0.4, -0.2) is 54.9 Å². The number of hydrogen-bond acceptors (Lipinski definition) is 4. The van der Waals surface area contributed by atoms with Gasteiger partial charge in [0.1, 0.15) is 4.83 Å². The lowest BCUT2D eigenvalue weighted by Crippen LogP contribution is -2.41. The fraction of sp³-hybridized carbons (Fsp3) is 0.800. The zero-order valence-electron chi connectivity index (χ0n) is 9.96. The molecule has 0 aromatic rings. The molecule has 0 aliphatic heterocycles. The second kappa shape index (κ2) is 8.52. The molecular weight excluding hydrogens is 276 g/mol. The number of carbonyl (C=O) groups is 2. The molecule has 6 heteroatoms. The number of esters is 1. The van der Waals surface area contributed by atoms with Gasteiger partial charge in [-0.1, -0.05) is 22.9 Å². The highest BCUT2D eigenvalue weighted by atomic mass is 79.9. The van der Waals surface area contributed by atoms with Crippen molar-refractivity contribution in [3.05, 3.63) is 0 Å². The zero-order valence-corrected chi connectivity index (χ0v) is 11.5.